The first-order valence-corrected chi connectivity index (χ1v) is 8.92. The molecule has 0 saturated carbocycles. The molecule has 1 aliphatic heterocycles. The highest BCUT2D eigenvalue weighted by molar-refractivity contribution is 7.90. The third-order valence-corrected chi connectivity index (χ3v) is 5.56. The molecule has 1 aromatic rings. The van der Waals surface area contributed by atoms with Crippen molar-refractivity contribution in [2.75, 3.05) is 0 Å². The molecule has 0 fully saturated rings. The maximum absolute atomic E-state index is 12.0. The lowest BCUT2D eigenvalue weighted by molar-refractivity contribution is 0.599. The number of fused-ring (bicyclic) bond motifs is 1. The number of nitrogens with one attached hydrogen (secondary N) is 1. The molecule has 1 N–H and O–H groups in total. The van der Waals surface area contributed by atoms with Crippen LogP contribution >= 0.6 is 0 Å². The van der Waals surface area contributed by atoms with Crippen LogP contribution in [0.4, 0.5) is 0 Å². The fraction of sp³-hybridized carbons (Fsp3) is 0.294. The highest BCUT2D eigenvalue weighted by Gasteiger charge is 2.28. The van der Waals surface area contributed by atoms with Crippen molar-refractivity contribution in [2.24, 2.45) is 15.4 Å². The maximum Gasteiger partial charge on any atom is 0.285 e. The fourth-order valence-electron chi connectivity index (χ4n) is 2.73. The number of rotatable bonds is 2. The average molecular weight is 329 g/mol. The van der Waals surface area contributed by atoms with Gasteiger partial charge in [0, 0.05) is 5.56 Å². The van der Waals surface area contributed by atoms with Crippen molar-refractivity contribution in [3.8, 4) is 0 Å². The molecule has 0 bridgehead atoms. The SMILES string of the molecule is C=C(C)C1CC=C(C)/C(=N/NC2=NS(=O)(=O)c3ccccc32)C1. The number of hydrogen-bond donors (Lipinski definition) is 1. The Hall–Kier alpha value is -2.21. The molecule has 0 amide bonds. The van der Waals surface area contributed by atoms with Gasteiger partial charge in [-0.25, -0.2) is 0 Å². The lowest BCUT2D eigenvalue weighted by Gasteiger charge is -2.22. The summed E-state index contributed by atoms with van der Waals surface area (Å²) in [5.74, 6) is 0.652. The van der Waals surface area contributed by atoms with Crippen molar-refractivity contribution < 1.29 is 8.42 Å². The highest BCUT2D eigenvalue weighted by atomic mass is 32.2. The number of amidine groups is 1. The van der Waals surface area contributed by atoms with Crippen LogP contribution in [0.2, 0.25) is 0 Å². The third kappa shape index (κ3) is 2.99. The van der Waals surface area contributed by atoms with Crippen LogP contribution in [0.25, 0.3) is 0 Å². The average Bonchev–Trinajstić information content (AvgIpc) is 2.78. The van der Waals surface area contributed by atoms with Gasteiger partial charge in [0.25, 0.3) is 10.0 Å². The largest absolute Gasteiger partial charge is 0.285 e. The summed E-state index contributed by atoms with van der Waals surface area (Å²) >= 11 is 0. The Kier molecular flexibility index (Phi) is 3.93. The number of allylic oxidation sites excluding steroid dienone is 3. The van der Waals surface area contributed by atoms with Crippen molar-refractivity contribution in [3.63, 3.8) is 0 Å². The van der Waals surface area contributed by atoms with E-state index in [1.54, 1.807) is 24.3 Å². The van der Waals surface area contributed by atoms with Crippen LogP contribution in [-0.2, 0) is 10.0 Å². The van der Waals surface area contributed by atoms with Gasteiger partial charge < -0.3 is 0 Å². The predicted molar refractivity (Wildman–Crippen MR) is 92.0 cm³/mol. The van der Waals surface area contributed by atoms with E-state index in [0.717, 1.165) is 29.7 Å². The van der Waals surface area contributed by atoms with Gasteiger partial charge in [0.2, 0.25) is 0 Å². The summed E-state index contributed by atoms with van der Waals surface area (Å²) in [6.07, 6.45) is 3.91. The Morgan fingerprint density at radius 1 is 1.39 bits per heavy atom. The molecule has 0 spiro atoms. The van der Waals surface area contributed by atoms with E-state index in [-0.39, 0.29) is 10.7 Å². The van der Waals surface area contributed by atoms with E-state index in [1.165, 1.54) is 0 Å². The van der Waals surface area contributed by atoms with Crippen LogP contribution in [0, 0.1) is 5.92 Å². The molecule has 1 aromatic carbocycles. The Balaban J connectivity index is 1.88. The Morgan fingerprint density at radius 3 is 2.87 bits per heavy atom. The molecule has 1 heterocycles. The van der Waals surface area contributed by atoms with Crippen LogP contribution in [0.1, 0.15) is 32.3 Å². The molecule has 0 aromatic heterocycles. The molecule has 1 unspecified atom stereocenters. The summed E-state index contributed by atoms with van der Waals surface area (Å²) in [6, 6.07) is 6.75. The Morgan fingerprint density at radius 2 is 2.13 bits per heavy atom. The minimum absolute atomic E-state index is 0.221. The Bertz CT molecular complexity index is 864. The maximum atomic E-state index is 12.0. The monoisotopic (exact) mass is 329 g/mol. The number of sulfonamides is 1. The van der Waals surface area contributed by atoms with Crippen molar-refractivity contribution in [2.45, 2.75) is 31.6 Å². The zero-order valence-electron chi connectivity index (χ0n) is 13.2. The Labute approximate surface area is 136 Å². The fourth-order valence-corrected chi connectivity index (χ4v) is 3.90. The summed E-state index contributed by atoms with van der Waals surface area (Å²) in [7, 11) is -3.62. The van der Waals surface area contributed by atoms with Crippen LogP contribution in [-0.4, -0.2) is 20.0 Å². The van der Waals surface area contributed by atoms with Crippen molar-refractivity contribution in [3.05, 3.63) is 53.6 Å². The standard InChI is InChI=1S/C17H19N3O2S/c1-11(2)13-9-8-12(3)15(10-13)18-19-17-14-6-4-5-7-16(14)23(21,22)20-17/h4-8,13H,1,9-10H2,2-3H3,(H,19,20)/b18-15+. The zero-order valence-corrected chi connectivity index (χ0v) is 14.0. The molecule has 1 aliphatic carbocycles. The highest BCUT2D eigenvalue weighted by Crippen LogP contribution is 2.27. The summed E-state index contributed by atoms with van der Waals surface area (Å²) in [4.78, 5) is 0.221. The minimum Gasteiger partial charge on any atom is -0.260 e. The first kappa shape index (κ1) is 15.7. The van der Waals surface area contributed by atoms with Gasteiger partial charge in [0.1, 0.15) is 4.90 Å². The molecule has 23 heavy (non-hydrogen) atoms. The first-order valence-electron chi connectivity index (χ1n) is 7.48. The predicted octanol–water partition coefficient (Wildman–Crippen LogP) is 3.01. The van der Waals surface area contributed by atoms with Gasteiger partial charge in [-0.1, -0.05) is 30.4 Å². The minimum atomic E-state index is -3.62. The van der Waals surface area contributed by atoms with E-state index in [9.17, 15) is 8.42 Å². The quantitative estimate of drug-likeness (QED) is 0.670. The number of nitrogens with zero attached hydrogens (tertiary/aromatic N) is 2. The molecule has 5 nitrogen and oxygen atoms in total. The van der Waals surface area contributed by atoms with Gasteiger partial charge in [0.05, 0.1) is 5.71 Å². The smallest absolute Gasteiger partial charge is 0.260 e. The normalized spacial score (nSPS) is 23.9. The van der Waals surface area contributed by atoms with Crippen LogP contribution in [0.15, 0.2) is 62.5 Å². The molecule has 0 radical (unpaired) electrons. The summed E-state index contributed by atoms with van der Waals surface area (Å²) in [5.41, 5.74) is 6.55. The lowest BCUT2D eigenvalue weighted by atomic mass is 9.85. The number of hydrazone groups is 1. The molecule has 2 aliphatic rings. The third-order valence-electron chi connectivity index (χ3n) is 4.23. The first-order chi connectivity index (χ1) is 10.9. The van der Waals surface area contributed by atoms with E-state index in [1.807, 2.05) is 13.8 Å². The molecule has 0 saturated heterocycles. The van der Waals surface area contributed by atoms with Crippen molar-refractivity contribution in [1.82, 2.24) is 5.43 Å². The van der Waals surface area contributed by atoms with Crippen LogP contribution < -0.4 is 5.43 Å². The molecule has 6 heteroatoms. The van der Waals surface area contributed by atoms with E-state index >= 15 is 0 Å². The van der Waals surface area contributed by atoms with Gasteiger partial charge in [-0.3, -0.25) is 5.43 Å². The topological polar surface area (TPSA) is 70.9 Å². The van der Waals surface area contributed by atoms with E-state index in [2.05, 4.69) is 27.6 Å². The van der Waals surface area contributed by atoms with E-state index in [4.69, 9.17) is 0 Å². The van der Waals surface area contributed by atoms with Crippen LogP contribution in [0.3, 0.4) is 0 Å². The second kappa shape index (κ2) is 5.77. The van der Waals surface area contributed by atoms with Gasteiger partial charge in [-0.15, -0.1) is 4.40 Å². The number of benzene rings is 1. The number of hydrogen-bond acceptors (Lipinski definition) is 4. The molecular formula is C17H19N3O2S. The van der Waals surface area contributed by atoms with Gasteiger partial charge in [0.15, 0.2) is 5.84 Å². The second-order valence-electron chi connectivity index (χ2n) is 5.95. The van der Waals surface area contributed by atoms with Crippen LogP contribution in [0.5, 0.6) is 0 Å². The molecule has 3 rings (SSSR count). The van der Waals surface area contributed by atoms with Crippen molar-refractivity contribution >= 4 is 21.6 Å². The zero-order chi connectivity index (χ0) is 16.6. The van der Waals surface area contributed by atoms with Gasteiger partial charge in [-0.2, -0.15) is 13.5 Å². The lowest BCUT2D eigenvalue weighted by Crippen LogP contribution is -2.23. The summed E-state index contributed by atoms with van der Waals surface area (Å²) < 4.78 is 27.8. The molecular weight excluding hydrogens is 310 g/mol. The summed E-state index contributed by atoms with van der Waals surface area (Å²) in [6.45, 7) is 8.05. The van der Waals surface area contributed by atoms with Gasteiger partial charge in [-0.05, 0) is 50.3 Å². The second-order valence-corrected chi connectivity index (χ2v) is 7.52. The molecule has 1 atom stereocenters. The van der Waals surface area contributed by atoms with E-state index < -0.39 is 10.0 Å². The van der Waals surface area contributed by atoms with E-state index in [0.29, 0.717) is 11.5 Å². The van der Waals surface area contributed by atoms with Crippen molar-refractivity contribution in [1.29, 1.82) is 0 Å². The molecule has 120 valence electrons. The summed E-state index contributed by atoms with van der Waals surface area (Å²) in [5, 5.41) is 4.41. The van der Waals surface area contributed by atoms with Gasteiger partial charge >= 0.3 is 0 Å².